The summed E-state index contributed by atoms with van der Waals surface area (Å²) in [6, 6.07) is 3.97. The van der Waals surface area contributed by atoms with Gasteiger partial charge in [0.2, 0.25) is 5.89 Å². The Morgan fingerprint density at radius 2 is 2.11 bits per heavy atom. The summed E-state index contributed by atoms with van der Waals surface area (Å²) < 4.78 is 11.1. The molecule has 3 aromatic rings. The van der Waals surface area contributed by atoms with E-state index in [-0.39, 0.29) is 5.91 Å². The van der Waals surface area contributed by atoms with E-state index < -0.39 is 0 Å². The van der Waals surface area contributed by atoms with Crippen molar-refractivity contribution in [3.8, 4) is 10.8 Å². The van der Waals surface area contributed by atoms with Crippen molar-refractivity contribution in [3.05, 3.63) is 40.4 Å². The van der Waals surface area contributed by atoms with Gasteiger partial charge in [-0.25, -0.2) is 0 Å². The van der Waals surface area contributed by atoms with Gasteiger partial charge >= 0.3 is 0 Å². The number of carbonyl (C=O) groups excluding carboxylic acids is 1. The number of carbonyl (C=O) groups is 1. The van der Waals surface area contributed by atoms with Crippen LogP contribution in [0.2, 0.25) is 0 Å². The van der Waals surface area contributed by atoms with Crippen LogP contribution in [0.25, 0.3) is 10.8 Å². The number of aromatic nitrogens is 3. The summed E-state index contributed by atoms with van der Waals surface area (Å²) in [7, 11) is 0. The predicted octanol–water partition coefficient (Wildman–Crippen LogP) is 4.36. The molecule has 1 N–H and O–H groups in total. The number of rotatable bonds is 6. The second-order valence-corrected chi connectivity index (χ2v) is 8.22. The van der Waals surface area contributed by atoms with E-state index in [9.17, 15) is 4.79 Å². The number of thiophene rings is 1. The van der Waals surface area contributed by atoms with Gasteiger partial charge in [-0.3, -0.25) is 4.79 Å². The van der Waals surface area contributed by atoms with E-state index in [1.807, 2.05) is 24.4 Å². The van der Waals surface area contributed by atoms with E-state index in [2.05, 4.69) is 20.7 Å². The van der Waals surface area contributed by atoms with Crippen LogP contribution in [0.1, 0.15) is 66.2 Å². The molecule has 3 heterocycles. The Morgan fingerprint density at radius 1 is 1.29 bits per heavy atom. The van der Waals surface area contributed by atoms with Crippen molar-refractivity contribution in [2.45, 2.75) is 51.9 Å². The molecule has 1 aliphatic carbocycles. The highest BCUT2D eigenvalue weighted by Crippen LogP contribution is 2.36. The molecule has 1 fully saturated rings. The number of aryl methyl sites for hydroxylation is 2. The lowest BCUT2D eigenvalue weighted by Crippen LogP contribution is -2.31. The van der Waals surface area contributed by atoms with E-state index in [1.165, 1.54) is 0 Å². The molecule has 1 amide bonds. The van der Waals surface area contributed by atoms with E-state index in [4.69, 9.17) is 8.94 Å². The molecular formula is C20H24N4O3S. The van der Waals surface area contributed by atoms with Gasteiger partial charge in [-0.2, -0.15) is 0 Å². The molecule has 28 heavy (non-hydrogen) atoms. The van der Waals surface area contributed by atoms with Gasteiger partial charge < -0.3 is 14.3 Å². The third-order valence-corrected chi connectivity index (χ3v) is 6.26. The van der Waals surface area contributed by atoms with E-state index >= 15 is 0 Å². The summed E-state index contributed by atoms with van der Waals surface area (Å²) in [6.45, 7) is 4.43. The quantitative estimate of drug-likeness (QED) is 0.661. The minimum atomic E-state index is -0.0878. The molecule has 1 aliphatic rings. The smallest absolute Gasteiger partial charge is 0.257 e. The van der Waals surface area contributed by atoms with Crippen LogP contribution in [0.4, 0.5) is 0 Å². The standard InChI is InChI=1S/C20H24N4O3S/c1-3-15-17(12(2)24-27-15)18(25)21-11-13-6-8-14(9-7-13)19-22-23-20(26-19)16-5-4-10-28-16/h4-5,10,13-14H,3,6-9,11H2,1-2H3,(H,21,25). The molecule has 0 aromatic carbocycles. The average Bonchev–Trinajstić information content (AvgIpc) is 3.46. The lowest BCUT2D eigenvalue weighted by molar-refractivity contribution is 0.0940. The van der Waals surface area contributed by atoms with Crippen molar-refractivity contribution in [2.24, 2.45) is 5.92 Å². The Bertz CT molecular complexity index is 923. The summed E-state index contributed by atoms with van der Waals surface area (Å²) in [6.07, 6.45) is 4.72. The lowest BCUT2D eigenvalue weighted by Gasteiger charge is -2.26. The van der Waals surface area contributed by atoms with Gasteiger partial charge in [-0.05, 0) is 50.0 Å². The molecule has 4 rings (SSSR count). The number of hydrogen-bond acceptors (Lipinski definition) is 7. The lowest BCUT2D eigenvalue weighted by atomic mass is 9.82. The van der Waals surface area contributed by atoms with E-state index in [0.717, 1.165) is 36.5 Å². The maximum atomic E-state index is 12.5. The Morgan fingerprint density at radius 3 is 2.82 bits per heavy atom. The Kier molecular flexibility index (Phi) is 5.57. The molecule has 3 aromatic heterocycles. The van der Waals surface area contributed by atoms with Crippen molar-refractivity contribution in [1.29, 1.82) is 0 Å². The first-order valence-electron chi connectivity index (χ1n) is 9.76. The van der Waals surface area contributed by atoms with Gasteiger partial charge in [-0.15, -0.1) is 21.5 Å². The van der Waals surface area contributed by atoms with Crippen molar-refractivity contribution in [3.63, 3.8) is 0 Å². The van der Waals surface area contributed by atoms with E-state index in [1.54, 1.807) is 18.3 Å². The number of nitrogens with zero attached hydrogens (tertiary/aromatic N) is 3. The molecule has 0 radical (unpaired) electrons. The van der Waals surface area contributed by atoms with Gasteiger partial charge in [0.25, 0.3) is 11.8 Å². The third kappa shape index (κ3) is 3.87. The molecule has 8 heteroatoms. The molecular weight excluding hydrogens is 376 g/mol. The fourth-order valence-corrected chi connectivity index (χ4v) is 4.43. The second kappa shape index (κ2) is 8.26. The monoisotopic (exact) mass is 400 g/mol. The van der Waals surface area contributed by atoms with Gasteiger partial charge in [0.1, 0.15) is 11.3 Å². The normalized spacial score (nSPS) is 19.6. The average molecular weight is 401 g/mol. The van der Waals surface area contributed by atoms with Gasteiger partial charge in [0.05, 0.1) is 10.6 Å². The zero-order chi connectivity index (χ0) is 19.5. The maximum Gasteiger partial charge on any atom is 0.257 e. The highest BCUT2D eigenvalue weighted by molar-refractivity contribution is 7.13. The molecule has 0 atom stereocenters. The second-order valence-electron chi connectivity index (χ2n) is 7.27. The molecule has 7 nitrogen and oxygen atoms in total. The van der Waals surface area contributed by atoms with Crippen molar-refractivity contribution in [1.82, 2.24) is 20.7 Å². The van der Waals surface area contributed by atoms with Gasteiger partial charge in [0, 0.05) is 18.9 Å². The Labute approximate surface area is 167 Å². The molecule has 0 unspecified atom stereocenters. The Balaban J connectivity index is 1.29. The minimum Gasteiger partial charge on any atom is -0.420 e. The summed E-state index contributed by atoms with van der Waals surface area (Å²) in [5.41, 5.74) is 1.24. The Hall–Kier alpha value is -2.48. The molecule has 0 bridgehead atoms. The zero-order valence-corrected chi connectivity index (χ0v) is 16.9. The van der Waals surface area contributed by atoms with Crippen LogP contribution >= 0.6 is 11.3 Å². The highest BCUT2D eigenvalue weighted by atomic mass is 32.1. The van der Waals surface area contributed by atoms with E-state index in [0.29, 0.717) is 47.7 Å². The maximum absolute atomic E-state index is 12.5. The molecule has 1 saturated carbocycles. The highest BCUT2D eigenvalue weighted by Gasteiger charge is 2.27. The number of hydrogen-bond donors (Lipinski definition) is 1. The SMILES string of the molecule is CCc1onc(C)c1C(=O)NCC1CCC(c2nnc(-c3cccs3)o2)CC1. The van der Waals surface area contributed by atoms with Crippen LogP contribution in [0.3, 0.4) is 0 Å². The molecule has 0 saturated heterocycles. The number of nitrogens with one attached hydrogen (secondary N) is 1. The van der Waals surface area contributed by atoms with Crippen LogP contribution in [-0.2, 0) is 6.42 Å². The van der Waals surface area contributed by atoms with Crippen molar-refractivity contribution >= 4 is 17.2 Å². The molecule has 0 aliphatic heterocycles. The topological polar surface area (TPSA) is 94.1 Å². The first kappa shape index (κ1) is 18.9. The molecule has 0 spiro atoms. The minimum absolute atomic E-state index is 0.0878. The summed E-state index contributed by atoms with van der Waals surface area (Å²) in [4.78, 5) is 13.5. The van der Waals surface area contributed by atoms with Gasteiger partial charge in [-0.1, -0.05) is 18.1 Å². The first-order valence-corrected chi connectivity index (χ1v) is 10.6. The van der Waals surface area contributed by atoms with Crippen LogP contribution < -0.4 is 5.32 Å². The summed E-state index contributed by atoms with van der Waals surface area (Å²) >= 11 is 1.60. The number of amides is 1. The fraction of sp³-hybridized carbons (Fsp3) is 0.500. The van der Waals surface area contributed by atoms with Crippen molar-refractivity contribution < 1.29 is 13.7 Å². The summed E-state index contributed by atoms with van der Waals surface area (Å²) in [5.74, 6) is 2.67. The third-order valence-electron chi connectivity index (χ3n) is 5.40. The molecule has 148 valence electrons. The van der Waals surface area contributed by atoms with Gasteiger partial charge in [0.15, 0.2) is 0 Å². The van der Waals surface area contributed by atoms with Crippen LogP contribution in [0.5, 0.6) is 0 Å². The van der Waals surface area contributed by atoms with Crippen molar-refractivity contribution in [2.75, 3.05) is 6.54 Å². The van der Waals surface area contributed by atoms with Crippen LogP contribution in [-0.4, -0.2) is 27.8 Å². The largest absolute Gasteiger partial charge is 0.420 e. The zero-order valence-electron chi connectivity index (χ0n) is 16.1. The first-order chi connectivity index (χ1) is 13.7. The fourth-order valence-electron chi connectivity index (χ4n) is 3.79. The van der Waals surface area contributed by atoms with Crippen LogP contribution in [0, 0.1) is 12.8 Å². The summed E-state index contributed by atoms with van der Waals surface area (Å²) in [5, 5.41) is 17.4. The predicted molar refractivity (Wildman–Crippen MR) is 105 cm³/mol. The van der Waals surface area contributed by atoms with Crippen LogP contribution in [0.15, 0.2) is 26.5 Å².